The van der Waals surface area contributed by atoms with E-state index >= 15 is 0 Å². The van der Waals surface area contributed by atoms with Crippen molar-refractivity contribution >= 4 is 28.6 Å². The molecule has 1 saturated heterocycles. The minimum absolute atomic E-state index is 0.0303. The van der Waals surface area contributed by atoms with Crippen LogP contribution in [-0.2, 0) is 4.74 Å². The number of fused-ring (bicyclic) bond motifs is 4. The van der Waals surface area contributed by atoms with E-state index in [1.165, 1.54) is 4.90 Å². The van der Waals surface area contributed by atoms with Gasteiger partial charge in [-0.3, -0.25) is 9.36 Å². The van der Waals surface area contributed by atoms with Crippen LogP contribution in [0.15, 0.2) is 71.5 Å². The minimum atomic E-state index is -0.514. The van der Waals surface area contributed by atoms with Crippen LogP contribution in [0, 0.1) is 0 Å². The quantitative estimate of drug-likeness (QED) is 0.306. The van der Waals surface area contributed by atoms with E-state index in [1.807, 2.05) is 43.3 Å². The second-order valence-corrected chi connectivity index (χ2v) is 10.9. The van der Waals surface area contributed by atoms with Gasteiger partial charge in [0.1, 0.15) is 5.82 Å². The number of piperidine rings is 1. The van der Waals surface area contributed by atoms with Crippen LogP contribution in [0.25, 0.3) is 22.0 Å². The van der Waals surface area contributed by atoms with E-state index in [2.05, 4.69) is 24.1 Å². The summed E-state index contributed by atoms with van der Waals surface area (Å²) in [7, 11) is 3.79. The highest BCUT2D eigenvalue weighted by Crippen LogP contribution is 2.45. The Bertz CT molecular complexity index is 1580. The Morgan fingerprint density at radius 2 is 1.62 bits per heavy atom. The highest BCUT2D eigenvalue weighted by Gasteiger charge is 2.34. The average Bonchev–Trinajstić information content (AvgIpc) is 3.26. The monoisotopic (exact) mass is 542 g/mol. The number of amides is 1. The molecule has 200 valence electrons. The third kappa shape index (κ3) is 4.39. The van der Waals surface area contributed by atoms with Crippen LogP contribution in [0.4, 0.5) is 4.79 Å². The highest BCUT2D eigenvalue weighted by atomic mass is 35.5. The molecule has 0 saturated carbocycles. The molecule has 39 heavy (non-hydrogen) atoms. The van der Waals surface area contributed by atoms with Crippen LogP contribution in [0.5, 0.6) is 0 Å². The maximum atomic E-state index is 13.9. The molecule has 2 aliphatic rings. The van der Waals surface area contributed by atoms with Crippen LogP contribution >= 0.6 is 11.6 Å². The molecule has 6 rings (SSSR count). The lowest BCUT2D eigenvalue weighted by molar-refractivity contribution is 0.0739. The zero-order valence-electron chi connectivity index (χ0n) is 22.3. The number of likely N-dealkylation sites (tertiary alicyclic amines) is 1. The van der Waals surface area contributed by atoms with Crippen molar-refractivity contribution in [1.29, 1.82) is 0 Å². The maximum absolute atomic E-state index is 13.9. The van der Waals surface area contributed by atoms with Gasteiger partial charge in [0.2, 0.25) is 0 Å². The lowest BCUT2D eigenvalue weighted by Crippen LogP contribution is -2.40. The topological polar surface area (TPSA) is 67.7 Å². The first-order valence-corrected chi connectivity index (χ1v) is 13.7. The number of rotatable bonds is 4. The number of halogens is 1. The molecule has 7 nitrogen and oxygen atoms in total. The fraction of sp³-hybridized carbons (Fsp3) is 0.323. The first-order chi connectivity index (χ1) is 18.8. The average molecular weight is 543 g/mol. The van der Waals surface area contributed by atoms with Gasteiger partial charge in [0.05, 0.1) is 22.0 Å². The van der Waals surface area contributed by atoms with Crippen molar-refractivity contribution in [3.63, 3.8) is 0 Å². The number of carbonyl (C=O) groups is 1. The van der Waals surface area contributed by atoms with Gasteiger partial charge in [0.25, 0.3) is 5.56 Å². The number of hydrogen-bond donors (Lipinski definition) is 0. The standard InChI is InChI=1S/C31H31ClN4O3/c1-19(35(3)31(38)39-28-23-11-6-4-9-21(23)22-10-5-7-12-24(22)28)29-33-26-14-8-13-25(32)27(26)30(37)36(29)20-15-17-34(2)18-16-20/h4-14,19-20,28H,15-18H2,1-3H3/t19-/m0/s1. The van der Waals surface area contributed by atoms with Gasteiger partial charge in [0.15, 0.2) is 6.10 Å². The molecule has 0 spiro atoms. The third-order valence-corrected chi connectivity index (χ3v) is 8.51. The molecule has 1 atom stereocenters. The molecule has 2 heterocycles. The molecule has 1 amide bonds. The molecule has 0 bridgehead atoms. The Morgan fingerprint density at radius 1 is 1.00 bits per heavy atom. The molecular formula is C31H31ClN4O3. The van der Waals surface area contributed by atoms with E-state index in [-0.39, 0.29) is 11.6 Å². The zero-order valence-corrected chi connectivity index (χ0v) is 23.1. The van der Waals surface area contributed by atoms with Crippen molar-refractivity contribution in [1.82, 2.24) is 19.4 Å². The van der Waals surface area contributed by atoms with Gasteiger partial charge in [-0.1, -0.05) is 66.2 Å². The summed E-state index contributed by atoms with van der Waals surface area (Å²) in [6, 6.07) is 20.8. The van der Waals surface area contributed by atoms with Crippen molar-refractivity contribution in [3.05, 3.63) is 99.1 Å². The molecule has 1 aliphatic heterocycles. The van der Waals surface area contributed by atoms with Crippen LogP contribution in [0.1, 0.15) is 54.9 Å². The molecular weight excluding hydrogens is 512 g/mol. The lowest BCUT2D eigenvalue weighted by Gasteiger charge is -2.34. The van der Waals surface area contributed by atoms with E-state index in [9.17, 15) is 9.59 Å². The minimum Gasteiger partial charge on any atom is -0.436 e. The molecule has 8 heteroatoms. The van der Waals surface area contributed by atoms with E-state index in [4.69, 9.17) is 21.3 Å². The Labute approximate surface area is 232 Å². The third-order valence-electron chi connectivity index (χ3n) is 8.20. The Kier molecular flexibility index (Phi) is 6.65. The predicted molar refractivity (Wildman–Crippen MR) is 153 cm³/mol. The van der Waals surface area contributed by atoms with Crippen LogP contribution in [-0.4, -0.2) is 52.6 Å². The molecule has 1 fully saturated rings. The number of benzene rings is 3. The molecule has 4 aromatic rings. The molecule has 0 unspecified atom stereocenters. The number of nitrogens with zero attached hydrogens (tertiary/aromatic N) is 4. The van der Waals surface area contributed by atoms with Gasteiger partial charge in [-0.05, 0) is 63.2 Å². The summed E-state index contributed by atoms with van der Waals surface area (Å²) in [5.74, 6) is 0.538. The van der Waals surface area contributed by atoms with E-state index in [0.29, 0.717) is 21.7 Å². The molecule has 0 N–H and O–H groups in total. The SMILES string of the molecule is C[C@@H](c1nc2cccc(Cl)c2c(=O)n1C1CCN(C)CC1)N(C)C(=O)OC1c2ccccc2-c2ccccc21. The fourth-order valence-corrected chi connectivity index (χ4v) is 6.12. The fourth-order valence-electron chi connectivity index (χ4n) is 5.87. The second kappa shape index (κ2) is 10.1. The molecule has 0 radical (unpaired) electrons. The van der Waals surface area contributed by atoms with Gasteiger partial charge < -0.3 is 14.5 Å². The van der Waals surface area contributed by atoms with E-state index in [0.717, 1.165) is 48.2 Å². The summed E-state index contributed by atoms with van der Waals surface area (Å²) >= 11 is 6.47. The van der Waals surface area contributed by atoms with Gasteiger partial charge in [-0.15, -0.1) is 0 Å². The lowest BCUT2D eigenvalue weighted by atomic mass is 10.0. The van der Waals surface area contributed by atoms with Crippen molar-refractivity contribution in [2.24, 2.45) is 0 Å². The number of carbonyl (C=O) groups excluding carboxylic acids is 1. The Hall–Kier alpha value is -3.68. The first-order valence-electron chi connectivity index (χ1n) is 13.4. The Morgan fingerprint density at radius 3 is 2.26 bits per heavy atom. The van der Waals surface area contributed by atoms with E-state index in [1.54, 1.807) is 29.8 Å². The van der Waals surface area contributed by atoms with Crippen molar-refractivity contribution in [3.8, 4) is 11.1 Å². The summed E-state index contributed by atoms with van der Waals surface area (Å²) in [4.78, 5) is 36.2. The maximum Gasteiger partial charge on any atom is 0.411 e. The zero-order chi connectivity index (χ0) is 27.3. The molecule has 1 aromatic heterocycles. The largest absolute Gasteiger partial charge is 0.436 e. The summed E-state index contributed by atoms with van der Waals surface area (Å²) in [6.45, 7) is 3.65. The number of aromatic nitrogens is 2. The molecule has 3 aromatic carbocycles. The summed E-state index contributed by atoms with van der Waals surface area (Å²) in [6.07, 6.45) is 0.656. The Balaban J connectivity index is 1.36. The highest BCUT2D eigenvalue weighted by molar-refractivity contribution is 6.35. The van der Waals surface area contributed by atoms with Crippen molar-refractivity contribution in [2.45, 2.75) is 38.0 Å². The predicted octanol–water partition coefficient (Wildman–Crippen LogP) is 6.22. The summed E-state index contributed by atoms with van der Waals surface area (Å²) in [5, 5.41) is 0.802. The van der Waals surface area contributed by atoms with Crippen LogP contribution < -0.4 is 5.56 Å². The first kappa shape index (κ1) is 25.6. The van der Waals surface area contributed by atoms with Crippen molar-refractivity contribution < 1.29 is 9.53 Å². The molecule has 1 aliphatic carbocycles. The summed E-state index contributed by atoms with van der Waals surface area (Å²) < 4.78 is 7.92. The normalized spacial score (nSPS) is 16.6. The summed E-state index contributed by atoms with van der Waals surface area (Å²) in [5.41, 5.74) is 4.45. The van der Waals surface area contributed by atoms with Gasteiger partial charge in [0, 0.05) is 24.2 Å². The van der Waals surface area contributed by atoms with Gasteiger partial charge in [-0.2, -0.15) is 0 Å². The van der Waals surface area contributed by atoms with E-state index < -0.39 is 18.2 Å². The second-order valence-electron chi connectivity index (χ2n) is 10.5. The van der Waals surface area contributed by atoms with Crippen molar-refractivity contribution in [2.75, 3.05) is 27.2 Å². The smallest absolute Gasteiger partial charge is 0.411 e. The number of ether oxygens (including phenoxy) is 1. The number of hydrogen-bond acceptors (Lipinski definition) is 5. The van der Waals surface area contributed by atoms with Crippen LogP contribution in [0.2, 0.25) is 5.02 Å². The van der Waals surface area contributed by atoms with Crippen LogP contribution in [0.3, 0.4) is 0 Å². The van der Waals surface area contributed by atoms with Gasteiger partial charge >= 0.3 is 6.09 Å². The van der Waals surface area contributed by atoms with Gasteiger partial charge in [-0.25, -0.2) is 9.78 Å².